The molecule has 1 aromatic rings. The molecule has 0 atom stereocenters. The summed E-state index contributed by atoms with van der Waals surface area (Å²) in [4.78, 5) is 22.9. The number of aryl methyl sites for hydroxylation is 1. The molecule has 0 saturated carbocycles. The number of rotatable bonds is 2. The van der Waals surface area contributed by atoms with Crippen molar-refractivity contribution < 1.29 is 19.4 Å². The molecule has 0 radical (unpaired) electrons. The maximum Gasteiger partial charge on any atom is 0.413 e. The van der Waals surface area contributed by atoms with Crippen molar-refractivity contribution in [3.63, 3.8) is 0 Å². The number of carbonyl (C=O) groups excluding carboxylic acids is 1. The number of hydrogen-bond donors (Lipinski definition) is 2. The summed E-state index contributed by atoms with van der Waals surface area (Å²) in [5.74, 6) is -1.10. The van der Waals surface area contributed by atoms with Gasteiger partial charge < -0.3 is 9.84 Å². The predicted molar refractivity (Wildman–Crippen MR) is 63.7 cm³/mol. The van der Waals surface area contributed by atoms with E-state index in [-0.39, 0.29) is 11.4 Å². The molecule has 7 heteroatoms. The van der Waals surface area contributed by atoms with E-state index in [0.29, 0.717) is 4.88 Å². The molecular formula is C10H14N2O4S. The number of aromatic carboxylic acids is 1. The highest BCUT2D eigenvalue weighted by atomic mass is 32.1. The summed E-state index contributed by atoms with van der Waals surface area (Å²) in [7, 11) is 0. The van der Waals surface area contributed by atoms with E-state index in [9.17, 15) is 9.59 Å². The third-order valence-electron chi connectivity index (χ3n) is 1.70. The Labute approximate surface area is 103 Å². The third kappa shape index (κ3) is 3.70. The minimum atomic E-state index is -1.12. The Morgan fingerprint density at radius 2 is 2.00 bits per heavy atom. The van der Waals surface area contributed by atoms with E-state index < -0.39 is 17.7 Å². The van der Waals surface area contributed by atoms with Crippen molar-refractivity contribution in [3.05, 3.63) is 10.4 Å². The van der Waals surface area contributed by atoms with Crippen LogP contribution in [0.15, 0.2) is 0 Å². The standard InChI is InChI=1S/C10H14N2O4S/c1-5-6(8(13)14)7(12-17-5)11-9(15)16-10(2,3)4/h1-4H3,(H,13,14)(H,11,12,15). The minimum absolute atomic E-state index is 0.000796. The molecule has 0 bridgehead atoms. The first-order valence-corrected chi connectivity index (χ1v) is 5.67. The van der Waals surface area contributed by atoms with Gasteiger partial charge in [0.1, 0.15) is 11.2 Å². The first-order valence-electron chi connectivity index (χ1n) is 4.90. The zero-order valence-corrected chi connectivity index (χ0v) is 10.8. The van der Waals surface area contributed by atoms with Crippen molar-refractivity contribution in [2.75, 3.05) is 5.32 Å². The molecule has 6 nitrogen and oxygen atoms in total. The predicted octanol–water partition coefficient (Wildman–Crippen LogP) is 2.50. The Kier molecular flexibility index (Phi) is 3.72. The molecule has 0 aromatic carbocycles. The van der Waals surface area contributed by atoms with Gasteiger partial charge in [0.25, 0.3) is 0 Å². The van der Waals surface area contributed by atoms with Crippen molar-refractivity contribution in [2.45, 2.75) is 33.3 Å². The Morgan fingerprint density at radius 1 is 1.41 bits per heavy atom. The van der Waals surface area contributed by atoms with Crippen LogP contribution in [0, 0.1) is 6.92 Å². The van der Waals surface area contributed by atoms with Gasteiger partial charge in [-0.2, -0.15) is 4.37 Å². The zero-order valence-electron chi connectivity index (χ0n) is 10.0. The molecule has 1 aromatic heterocycles. The fourth-order valence-corrected chi connectivity index (χ4v) is 1.75. The van der Waals surface area contributed by atoms with Gasteiger partial charge in [-0.3, -0.25) is 5.32 Å². The normalized spacial score (nSPS) is 11.1. The molecular weight excluding hydrogens is 244 g/mol. The number of carboxylic acid groups (broad SMARTS) is 1. The Hall–Kier alpha value is -1.63. The lowest BCUT2D eigenvalue weighted by atomic mass is 10.2. The van der Waals surface area contributed by atoms with E-state index in [1.165, 1.54) is 0 Å². The van der Waals surface area contributed by atoms with Gasteiger partial charge in [0.2, 0.25) is 0 Å². The number of nitrogens with zero attached hydrogens (tertiary/aromatic N) is 1. The van der Waals surface area contributed by atoms with Gasteiger partial charge in [-0.15, -0.1) is 0 Å². The average Bonchev–Trinajstić information content (AvgIpc) is 2.42. The highest BCUT2D eigenvalue weighted by molar-refractivity contribution is 7.06. The van der Waals surface area contributed by atoms with Crippen molar-refractivity contribution in [1.29, 1.82) is 0 Å². The number of aromatic nitrogens is 1. The van der Waals surface area contributed by atoms with Crippen LogP contribution in [0.4, 0.5) is 10.6 Å². The van der Waals surface area contributed by atoms with Crippen LogP contribution in [-0.4, -0.2) is 27.1 Å². The summed E-state index contributed by atoms with van der Waals surface area (Å²) in [6, 6.07) is 0. The molecule has 0 aliphatic heterocycles. The number of carbonyl (C=O) groups is 2. The maximum atomic E-state index is 11.5. The molecule has 0 aliphatic carbocycles. The van der Waals surface area contributed by atoms with Gasteiger partial charge >= 0.3 is 12.1 Å². The first-order chi connectivity index (χ1) is 7.70. The van der Waals surface area contributed by atoms with E-state index in [2.05, 4.69) is 9.69 Å². The van der Waals surface area contributed by atoms with Crippen LogP contribution in [0.2, 0.25) is 0 Å². The highest BCUT2D eigenvalue weighted by Gasteiger charge is 2.22. The molecule has 2 N–H and O–H groups in total. The van der Waals surface area contributed by atoms with Crippen molar-refractivity contribution in [3.8, 4) is 0 Å². The number of hydrogen-bond acceptors (Lipinski definition) is 5. The van der Waals surface area contributed by atoms with Gasteiger partial charge in [-0.25, -0.2) is 9.59 Å². The van der Waals surface area contributed by atoms with Crippen LogP contribution >= 0.6 is 11.5 Å². The molecule has 0 saturated heterocycles. The van der Waals surface area contributed by atoms with E-state index >= 15 is 0 Å². The monoisotopic (exact) mass is 258 g/mol. The Morgan fingerprint density at radius 3 is 2.47 bits per heavy atom. The van der Waals surface area contributed by atoms with Gasteiger partial charge in [0.15, 0.2) is 5.82 Å². The minimum Gasteiger partial charge on any atom is -0.478 e. The Balaban J connectivity index is 2.83. The summed E-state index contributed by atoms with van der Waals surface area (Å²) in [5.41, 5.74) is -0.640. The van der Waals surface area contributed by atoms with E-state index in [1.54, 1.807) is 27.7 Å². The summed E-state index contributed by atoms with van der Waals surface area (Å²) in [6.45, 7) is 6.78. The molecule has 1 heterocycles. The number of amides is 1. The smallest absolute Gasteiger partial charge is 0.413 e. The summed E-state index contributed by atoms with van der Waals surface area (Å²) in [6.07, 6.45) is -0.717. The van der Waals surface area contributed by atoms with Crippen LogP contribution in [0.5, 0.6) is 0 Å². The third-order valence-corrected chi connectivity index (χ3v) is 2.45. The van der Waals surface area contributed by atoms with Crippen LogP contribution in [0.3, 0.4) is 0 Å². The highest BCUT2D eigenvalue weighted by Crippen LogP contribution is 2.23. The second kappa shape index (κ2) is 4.70. The first kappa shape index (κ1) is 13.4. The van der Waals surface area contributed by atoms with Crippen LogP contribution in [-0.2, 0) is 4.74 Å². The molecule has 0 fully saturated rings. The van der Waals surface area contributed by atoms with E-state index in [1.807, 2.05) is 0 Å². The SMILES string of the molecule is Cc1snc(NC(=O)OC(C)(C)C)c1C(=O)O. The summed E-state index contributed by atoms with van der Waals surface area (Å²) >= 11 is 1.02. The van der Waals surface area contributed by atoms with Crippen molar-refractivity contribution in [1.82, 2.24) is 4.37 Å². The van der Waals surface area contributed by atoms with Gasteiger partial charge in [0, 0.05) is 4.88 Å². The number of nitrogens with one attached hydrogen (secondary N) is 1. The van der Waals surface area contributed by atoms with Crippen molar-refractivity contribution >= 4 is 29.4 Å². The quantitative estimate of drug-likeness (QED) is 0.850. The lowest BCUT2D eigenvalue weighted by Crippen LogP contribution is -2.27. The fourth-order valence-electron chi connectivity index (χ4n) is 1.11. The molecule has 0 unspecified atom stereocenters. The van der Waals surface area contributed by atoms with Crippen molar-refractivity contribution in [2.24, 2.45) is 0 Å². The largest absolute Gasteiger partial charge is 0.478 e. The van der Waals surface area contributed by atoms with Gasteiger partial charge in [-0.1, -0.05) is 0 Å². The average molecular weight is 258 g/mol. The number of anilines is 1. The number of ether oxygens (including phenoxy) is 1. The molecule has 0 aliphatic rings. The lowest BCUT2D eigenvalue weighted by Gasteiger charge is -2.19. The molecule has 17 heavy (non-hydrogen) atoms. The second-order valence-electron chi connectivity index (χ2n) is 4.39. The van der Waals surface area contributed by atoms with Crippen LogP contribution in [0.1, 0.15) is 36.0 Å². The summed E-state index contributed by atoms with van der Waals surface area (Å²) < 4.78 is 8.86. The molecule has 0 spiro atoms. The van der Waals surface area contributed by atoms with E-state index in [0.717, 1.165) is 11.5 Å². The fraction of sp³-hybridized carbons (Fsp3) is 0.500. The second-order valence-corrected chi connectivity index (χ2v) is 5.37. The maximum absolute atomic E-state index is 11.5. The van der Waals surface area contributed by atoms with Crippen LogP contribution < -0.4 is 5.32 Å². The number of carboxylic acids is 1. The zero-order chi connectivity index (χ0) is 13.2. The van der Waals surface area contributed by atoms with Gasteiger partial charge in [0.05, 0.1) is 0 Å². The Bertz CT molecular complexity index is 448. The topological polar surface area (TPSA) is 88.5 Å². The molecule has 94 valence electrons. The molecule has 1 rings (SSSR count). The molecule has 1 amide bonds. The van der Waals surface area contributed by atoms with Gasteiger partial charge in [-0.05, 0) is 39.2 Å². The lowest BCUT2D eigenvalue weighted by molar-refractivity contribution is 0.0635. The summed E-state index contributed by atoms with van der Waals surface area (Å²) in [5, 5.41) is 11.3. The van der Waals surface area contributed by atoms with Crippen LogP contribution in [0.25, 0.3) is 0 Å². The van der Waals surface area contributed by atoms with E-state index in [4.69, 9.17) is 9.84 Å².